The molecule has 198 valence electrons. The number of pyridine rings is 1. The maximum Gasteiger partial charge on any atom is 0.261 e. The number of nitrogens with zero attached hydrogens (tertiary/aromatic N) is 2. The second kappa shape index (κ2) is 16.9. The van der Waals surface area contributed by atoms with Crippen LogP contribution in [0.25, 0.3) is 0 Å². The van der Waals surface area contributed by atoms with Crippen LogP contribution in [0.2, 0.25) is 0 Å². The molecule has 1 aromatic heterocycles. The van der Waals surface area contributed by atoms with E-state index in [0.29, 0.717) is 12.2 Å². The number of amides is 2. The Hall–Kier alpha value is -2.69. The molecule has 5 nitrogen and oxygen atoms in total. The molecular weight excluding hydrogens is 448 g/mol. The van der Waals surface area contributed by atoms with E-state index in [4.69, 9.17) is 4.74 Å². The molecule has 0 bridgehead atoms. The van der Waals surface area contributed by atoms with Crippen LogP contribution >= 0.6 is 0 Å². The Balaban J connectivity index is 1.76. The third-order valence-electron chi connectivity index (χ3n) is 6.88. The van der Waals surface area contributed by atoms with E-state index in [1.807, 2.05) is 55.1 Å². The van der Waals surface area contributed by atoms with Crippen molar-refractivity contribution in [3.05, 3.63) is 59.4 Å². The first-order chi connectivity index (χ1) is 17.5. The highest BCUT2D eigenvalue weighted by molar-refractivity contribution is 6.05. The third-order valence-corrected chi connectivity index (χ3v) is 6.88. The molecule has 0 unspecified atom stereocenters. The predicted octanol–water partition coefficient (Wildman–Crippen LogP) is 7.09. The highest BCUT2D eigenvalue weighted by Gasteiger charge is 2.25. The largest absolute Gasteiger partial charge is 0.493 e. The van der Waals surface area contributed by atoms with Gasteiger partial charge in [-0.05, 0) is 25.5 Å². The molecule has 0 aliphatic rings. The summed E-state index contributed by atoms with van der Waals surface area (Å²) in [5, 5.41) is 0. The van der Waals surface area contributed by atoms with E-state index in [1.165, 1.54) is 82.5 Å². The number of aromatic nitrogens is 1. The molecule has 5 heteroatoms. The summed E-state index contributed by atoms with van der Waals surface area (Å²) in [6.07, 6.45) is 17.6. The molecular formula is C31H47N2O3+. The average molecular weight is 496 g/mol. The zero-order chi connectivity index (χ0) is 26.2. The van der Waals surface area contributed by atoms with Crippen molar-refractivity contribution in [2.45, 2.75) is 104 Å². The first-order valence-electron chi connectivity index (χ1n) is 13.9. The van der Waals surface area contributed by atoms with Gasteiger partial charge in [-0.15, -0.1) is 0 Å². The third kappa shape index (κ3) is 10.1. The zero-order valence-corrected chi connectivity index (χ0v) is 23.1. The molecule has 0 radical (unpaired) electrons. The molecule has 0 saturated heterocycles. The minimum Gasteiger partial charge on any atom is -0.493 e. The second-order valence-corrected chi connectivity index (χ2v) is 9.88. The maximum absolute atomic E-state index is 13.3. The van der Waals surface area contributed by atoms with Crippen molar-refractivity contribution in [3.63, 3.8) is 0 Å². The number of hydrogen-bond acceptors (Lipinski definition) is 3. The van der Waals surface area contributed by atoms with Gasteiger partial charge in [-0.2, -0.15) is 0 Å². The molecule has 1 heterocycles. The first-order valence-corrected chi connectivity index (χ1v) is 13.9. The van der Waals surface area contributed by atoms with Crippen LogP contribution in [-0.2, 0) is 18.4 Å². The van der Waals surface area contributed by atoms with Crippen molar-refractivity contribution in [1.29, 1.82) is 0 Å². The van der Waals surface area contributed by atoms with Gasteiger partial charge < -0.3 is 4.74 Å². The lowest BCUT2D eigenvalue weighted by atomic mass is 10.1. The molecule has 0 aliphatic heterocycles. The van der Waals surface area contributed by atoms with Crippen LogP contribution in [0.5, 0.6) is 5.75 Å². The van der Waals surface area contributed by atoms with Gasteiger partial charge in [-0.3, -0.25) is 14.5 Å². The normalized spacial score (nSPS) is 10.9. The highest BCUT2D eigenvalue weighted by atomic mass is 16.5. The van der Waals surface area contributed by atoms with Crippen LogP contribution in [0.1, 0.15) is 113 Å². The van der Waals surface area contributed by atoms with Crippen LogP contribution in [0.4, 0.5) is 0 Å². The maximum atomic E-state index is 13.3. The quantitative estimate of drug-likeness (QED) is 0.174. The van der Waals surface area contributed by atoms with Crippen LogP contribution in [-0.4, -0.2) is 23.3 Å². The van der Waals surface area contributed by atoms with Gasteiger partial charge in [0.25, 0.3) is 5.91 Å². The minimum atomic E-state index is -0.292. The summed E-state index contributed by atoms with van der Waals surface area (Å²) in [6, 6.07) is 11.3. The summed E-state index contributed by atoms with van der Waals surface area (Å²) < 4.78 is 7.96. The van der Waals surface area contributed by atoms with E-state index in [0.717, 1.165) is 23.4 Å². The van der Waals surface area contributed by atoms with Crippen LogP contribution < -0.4 is 9.30 Å². The Morgan fingerprint density at radius 2 is 1.44 bits per heavy atom. The number of unbranched alkanes of at least 4 members (excludes halogenated alkanes) is 11. The number of carbonyl (C=O) groups excluding carboxylic acids is 2. The summed E-state index contributed by atoms with van der Waals surface area (Å²) >= 11 is 0. The van der Waals surface area contributed by atoms with Gasteiger partial charge >= 0.3 is 0 Å². The van der Waals surface area contributed by atoms with Crippen molar-refractivity contribution in [1.82, 2.24) is 4.90 Å². The molecule has 2 aromatic rings. The topological polar surface area (TPSA) is 50.5 Å². The van der Waals surface area contributed by atoms with E-state index in [-0.39, 0.29) is 18.4 Å². The van der Waals surface area contributed by atoms with Crippen molar-refractivity contribution < 1.29 is 18.9 Å². The van der Waals surface area contributed by atoms with Crippen LogP contribution in [0, 0.1) is 6.92 Å². The van der Waals surface area contributed by atoms with E-state index >= 15 is 0 Å². The van der Waals surface area contributed by atoms with Crippen LogP contribution in [0.15, 0.2) is 42.6 Å². The molecule has 0 atom stereocenters. The molecule has 1 aromatic carbocycles. The number of rotatable bonds is 17. The number of imide groups is 1. The van der Waals surface area contributed by atoms with E-state index in [2.05, 4.69) is 6.92 Å². The zero-order valence-electron chi connectivity index (χ0n) is 23.1. The fourth-order valence-corrected chi connectivity index (χ4v) is 4.48. The SMILES string of the molecule is CCCCCCCCCCCCCCOc1cccc(C(=O)N(Cc2cccc[n+]2C)C(C)=O)c1C. The Morgan fingerprint density at radius 1 is 0.833 bits per heavy atom. The molecule has 0 N–H and O–H groups in total. The molecule has 2 rings (SSSR count). The Bertz CT molecular complexity index is 941. The summed E-state index contributed by atoms with van der Waals surface area (Å²) in [5.41, 5.74) is 2.18. The molecule has 2 amide bonds. The van der Waals surface area contributed by atoms with Gasteiger partial charge in [0.15, 0.2) is 6.20 Å². The lowest BCUT2D eigenvalue weighted by Gasteiger charge is -2.20. The summed E-state index contributed by atoms with van der Waals surface area (Å²) in [5.74, 6) is 0.156. The monoisotopic (exact) mass is 495 g/mol. The minimum absolute atomic E-state index is 0.231. The molecule has 0 aliphatic carbocycles. The number of benzene rings is 1. The number of hydrogen-bond donors (Lipinski definition) is 0. The van der Waals surface area contributed by atoms with Crippen molar-refractivity contribution in [3.8, 4) is 5.75 Å². The summed E-state index contributed by atoms with van der Waals surface area (Å²) in [4.78, 5) is 26.9. The van der Waals surface area contributed by atoms with Crippen molar-refractivity contribution in [2.75, 3.05) is 6.61 Å². The standard InChI is InChI=1S/C31H47N2O3/c1-5-6-7-8-9-10-11-12-13-14-15-18-24-36-30-22-19-21-29(26(30)2)31(35)33(27(3)34)25-28-20-16-17-23-32(28)4/h16-17,19-23H,5-15,18,24-25H2,1-4H3/q+1. The number of ether oxygens (including phenoxy) is 1. The smallest absolute Gasteiger partial charge is 0.261 e. The molecule has 0 spiro atoms. The van der Waals surface area contributed by atoms with Gasteiger partial charge in [-0.1, -0.05) is 89.7 Å². The Kier molecular flexibility index (Phi) is 13.9. The fourth-order valence-electron chi connectivity index (χ4n) is 4.48. The average Bonchev–Trinajstić information content (AvgIpc) is 2.86. The number of carbonyl (C=O) groups is 2. The molecule has 0 fully saturated rings. The fraction of sp³-hybridized carbons (Fsp3) is 0.581. The molecule has 36 heavy (non-hydrogen) atoms. The highest BCUT2D eigenvalue weighted by Crippen LogP contribution is 2.24. The van der Waals surface area contributed by atoms with Crippen LogP contribution in [0.3, 0.4) is 0 Å². The predicted molar refractivity (Wildman–Crippen MR) is 146 cm³/mol. The number of aryl methyl sites for hydroxylation is 1. The van der Waals surface area contributed by atoms with Gasteiger partial charge in [0.2, 0.25) is 11.6 Å². The van der Waals surface area contributed by atoms with Gasteiger partial charge in [-0.25, -0.2) is 4.57 Å². The Morgan fingerprint density at radius 3 is 2.03 bits per heavy atom. The summed E-state index contributed by atoms with van der Waals surface area (Å²) in [6.45, 7) is 6.47. The molecule has 0 saturated carbocycles. The first kappa shape index (κ1) is 29.5. The van der Waals surface area contributed by atoms with E-state index < -0.39 is 0 Å². The van der Waals surface area contributed by atoms with Crippen molar-refractivity contribution in [2.24, 2.45) is 7.05 Å². The van der Waals surface area contributed by atoms with E-state index in [1.54, 1.807) is 6.07 Å². The summed E-state index contributed by atoms with van der Waals surface area (Å²) in [7, 11) is 1.91. The van der Waals surface area contributed by atoms with Crippen molar-refractivity contribution >= 4 is 11.8 Å². The lowest BCUT2D eigenvalue weighted by Crippen LogP contribution is -2.41. The second-order valence-electron chi connectivity index (χ2n) is 9.88. The Labute approximate surface area is 218 Å². The lowest BCUT2D eigenvalue weighted by molar-refractivity contribution is -0.679. The van der Waals surface area contributed by atoms with Gasteiger partial charge in [0.1, 0.15) is 19.3 Å². The van der Waals surface area contributed by atoms with Gasteiger partial charge in [0, 0.05) is 30.2 Å². The van der Waals surface area contributed by atoms with Gasteiger partial charge in [0.05, 0.1) is 6.61 Å². The van der Waals surface area contributed by atoms with E-state index in [9.17, 15) is 9.59 Å².